The average Bonchev–Trinajstić information content (AvgIpc) is 3.55. The van der Waals surface area contributed by atoms with Crippen molar-refractivity contribution in [3.05, 3.63) is 83.8 Å². The molecule has 2 aromatic carbocycles. The SMILES string of the molecule is O=C(Nc1ccc(S(=O)(=O)N2CCCCC2)cc1)c1ccc([C@@H]2SCC(=O)N2Cc2ccco2)cc1. The van der Waals surface area contributed by atoms with Crippen molar-refractivity contribution in [3.63, 3.8) is 0 Å². The molecular weight excluding hydrogens is 498 g/mol. The zero-order chi connectivity index (χ0) is 25.1. The largest absolute Gasteiger partial charge is 0.467 e. The van der Waals surface area contributed by atoms with Crippen molar-refractivity contribution < 1.29 is 22.4 Å². The van der Waals surface area contributed by atoms with Crippen molar-refractivity contribution in [3.8, 4) is 0 Å². The van der Waals surface area contributed by atoms with E-state index in [1.165, 1.54) is 16.4 Å². The third kappa shape index (κ3) is 5.21. The molecule has 1 aromatic heterocycles. The molecule has 10 heteroatoms. The minimum atomic E-state index is -3.51. The lowest BCUT2D eigenvalue weighted by Gasteiger charge is -2.25. The van der Waals surface area contributed by atoms with Crippen LogP contribution in [0.15, 0.2) is 76.2 Å². The second-order valence-electron chi connectivity index (χ2n) is 8.83. The summed E-state index contributed by atoms with van der Waals surface area (Å²) in [6, 6.07) is 17.1. The third-order valence-corrected chi connectivity index (χ3v) is 9.57. The molecule has 3 aromatic rings. The Labute approximate surface area is 214 Å². The molecular formula is C26H27N3O5S2. The topological polar surface area (TPSA) is 99.9 Å². The van der Waals surface area contributed by atoms with Crippen LogP contribution in [-0.2, 0) is 21.4 Å². The number of thioether (sulfide) groups is 1. The van der Waals surface area contributed by atoms with Crippen LogP contribution < -0.4 is 5.32 Å². The van der Waals surface area contributed by atoms with Gasteiger partial charge in [-0.05, 0) is 66.9 Å². The van der Waals surface area contributed by atoms with Gasteiger partial charge in [0.25, 0.3) is 5.91 Å². The number of carbonyl (C=O) groups excluding carboxylic acids is 2. The van der Waals surface area contributed by atoms with E-state index in [1.54, 1.807) is 53.3 Å². The minimum Gasteiger partial charge on any atom is -0.467 e. The molecule has 0 unspecified atom stereocenters. The van der Waals surface area contributed by atoms with Crippen molar-refractivity contribution in [2.24, 2.45) is 0 Å². The van der Waals surface area contributed by atoms with Crippen LogP contribution in [0, 0.1) is 0 Å². The van der Waals surface area contributed by atoms with E-state index in [-0.39, 0.29) is 22.1 Å². The molecule has 1 N–H and O–H groups in total. The number of sulfonamides is 1. The van der Waals surface area contributed by atoms with Crippen LogP contribution in [0.5, 0.6) is 0 Å². The summed E-state index contributed by atoms with van der Waals surface area (Å²) >= 11 is 1.55. The summed E-state index contributed by atoms with van der Waals surface area (Å²) in [7, 11) is -3.51. The van der Waals surface area contributed by atoms with Gasteiger partial charge < -0.3 is 14.6 Å². The summed E-state index contributed by atoms with van der Waals surface area (Å²) in [5.74, 6) is 0.878. The van der Waals surface area contributed by atoms with Crippen molar-refractivity contribution in [1.82, 2.24) is 9.21 Å². The molecule has 0 spiro atoms. The van der Waals surface area contributed by atoms with E-state index in [0.29, 0.717) is 36.6 Å². The van der Waals surface area contributed by atoms with Gasteiger partial charge in [-0.2, -0.15) is 4.31 Å². The lowest BCUT2D eigenvalue weighted by Crippen LogP contribution is -2.35. The van der Waals surface area contributed by atoms with Gasteiger partial charge in [-0.25, -0.2) is 8.42 Å². The molecule has 0 radical (unpaired) electrons. The molecule has 2 fully saturated rings. The van der Waals surface area contributed by atoms with Crippen molar-refractivity contribution in [2.75, 3.05) is 24.2 Å². The minimum absolute atomic E-state index is 0.0500. The number of hydrogen-bond acceptors (Lipinski definition) is 6. The smallest absolute Gasteiger partial charge is 0.255 e. The van der Waals surface area contributed by atoms with Crippen LogP contribution in [0.2, 0.25) is 0 Å². The summed E-state index contributed by atoms with van der Waals surface area (Å²) in [5.41, 5.74) is 1.92. The van der Waals surface area contributed by atoms with Gasteiger partial charge in [-0.3, -0.25) is 9.59 Å². The molecule has 2 aliphatic heterocycles. The van der Waals surface area contributed by atoms with Gasteiger partial charge in [0.2, 0.25) is 15.9 Å². The van der Waals surface area contributed by atoms with Gasteiger partial charge in [0, 0.05) is 24.3 Å². The fraction of sp³-hybridized carbons (Fsp3) is 0.308. The van der Waals surface area contributed by atoms with Gasteiger partial charge in [0.15, 0.2) is 0 Å². The van der Waals surface area contributed by atoms with Gasteiger partial charge >= 0.3 is 0 Å². The normalized spacial score (nSPS) is 18.9. The number of carbonyl (C=O) groups is 2. The summed E-state index contributed by atoms with van der Waals surface area (Å²) < 4.78 is 32.6. The number of amides is 2. The Morgan fingerprint density at radius 1 is 1.00 bits per heavy atom. The quantitative estimate of drug-likeness (QED) is 0.488. The molecule has 2 saturated heterocycles. The molecule has 5 rings (SSSR count). The predicted molar refractivity (Wildman–Crippen MR) is 138 cm³/mol. The third-order valence-electron chi connectivity index (χ3n) is 6.40. The number of nitrogens with zero attached hydrogens (tertiary/aromatic N) is 2. The van der Waals surface area contributed by atoms with E-state index in [2.05, 4.69) is 5.32 Å². The molecule has 8 nitrogen and oxygen atoms in total. The molecule has 0 saturated carbocycles. The van der Waals surface area contributed by atoms with Crippen molar-refractivity contribution in [2.45, 2.75) is 36.1 Å². The number of benzene rings is 2. The number of anilines is 1. The number of hydrogen-bond donors (Lipinski definition) is 1. The van der Waals surface area contributed by atoms with Gasteiger partial charge in [-0.1, -0.05) is 18.6 Å². The second kappa shape index (κ2) is 10.5. The Morgan fingerprint density at radius 3 is 2.39 bits per heavy atom. The molecule has 3 heterocycles. The van der Waals surface area contributed by atoms with E-state index in [4.69, 9.17) is 4.42 Å². The Hall–Kier alpha value is -3.08. The van der Waals surface area contributed by atoms with E-state index in [9.17, 15) is 18.0 Å². The standard InChI is InChI=1S/C26H27N3O5S2/c30-24-18-35-26(29(24)17-22-5-4-16-34-22)20-8-6-19(7-9-20)25(31)27-21-10-12-23(13-11-21)36(32,33)28-14-2-1-3-15-28/h4-13,16,26H,1-3,14-15,17-18H2,(H,27,31)/t26-/m0/s1. The maximum atomic E-state index is 12.8. The van der Waals surface area contributed by atoms with E-state index >= 15 is 0 Å². The highest BCUT2D eigenvalue weighted by atomic mass is 32.2. The number of piperidine rings is 1. The fourth-order valence-electron chi connectivity index (χ4n) is 4.44. The number of rotatable bonds is 7. The lowest BCUT2D eigenvalue weighted by molar-refractivity contribution is -0.128. The van der Waals surface area contributed by atoms with E-state index in [1.807, 2.05) is 18.2 Å². The first-order valence-corrected chi connectivity index (χ1v) is 14.4. The first-order valence-electron chi connectivity index (χ1n) is 11.9. The predicted octanol–water partition coefficient (Wildman–Crippen LogP) is 4.48. The van der Waals surface area contributed by atoms with Gasteiger partial charge in [-0.15, -0.1) is 11.8 Å². The fourth-order valence-corrected chi connectivity index (χ4v) is 7.14. The highest BCUT2D eigenvalue weighted by molar-refractivity contribution is 8.00. The molecule has 36 heavy (non-hydrogen) atoms. The van der Waals surface area contributed by atoms with Crippen LogP contribution in [0.1, 0.15) is 46.3 Å². The molecule has 1 atom stereocenters. The second-order valence-corrected chi connectivity index (χ2v) is 11.8. The van der Waals surface area contributed by atoms with Crippen LogP contribution in [0.25, 0.3) is 0 Å². The lowest BCUT2D eigenvalue weighted by atomic mass is 10.1. The summed E-state index contributed by atoms with van der Waals surface area (Å²) in [6.45, 7) is 1.49. The van der Waals surface area contributed by atoms with E-state index < -0.39 is 10.0 Å². The molecule has 188 valence electrons. The Kier molecular flexibility index (Phi) is 7.17. The van der Waals surface area contributed by atoms with Crippen molar-refractivity contribution >= 4 is 39.3 Å². The monoisotopic (exact) mass is 525 g/mol. The van der Waals surface area contributed by atoms with Crippen LogP contribution >= 0.6 is 11.8 Å². The maximum Gasteiger partial charge on any atom is 0.255 e. The van der Waals surface area contributed by atoms with Crippen molar-refractivity contribution in [1.29, 1.82) is 0 Å². The summed E-state index contributed by atoms with van der Waals surface area (Å²) in [6.07, 6.45) is 4.40. The Morgan fingerprint density at radius 2 is 1.72 bits per heavy atom. The Bertz CT molecular complexity index is 1320. The van der Waals surface area contributed by atoms with E-state index in [0.717, 1.165) is 30.6 Å². The number of furan rings is 1. The first kappa shape index (κ1) is 24.6. The zero-order valence-electron chi connectivity index (χ0n) is 19.6. The maximum absolute atomic E-state index is 12.8. The highest BCUT2D eigenvalue weighted by Crippen LogP contribution is 2.39. The number of nitrogens with one attached hydrogen (secondary N) is 1. The van der Waals surface area contributed by atoms with Crippen LogP contribution in [0.4, 0.5) is 5.69 Å². The molecule has 2 amide bonds. The molecule has 0 aliphatic carbocycles. The average molecular weight is 526 g/mol. The van der Waals surface area contributed by atoms with Crippen LogP contribution in [-0.4, -0.2) is 48.3 Å². The summed E-state index contributed by atoms with van der Waals surface area (Å²) in [4.78, 5) is 27.2. The zero-order valence-corrected chi connectivity index (χ0v) is 21.3. The first-order chi connectivity index (χ1) is 17.4. The Balaban J connectivity index is 1.23. The van der Waals surface area contributed by atoms with Gasteiger partial charge in [0.05, 0.1) is 23.5 Å². The molecule has 0 bridgehead atoms. The highest BCUT2D eigenvalue weighted by Gasteiger charge is 2.33. The van der Waals surface area contributed by atoms with Gasteiger partial charge in [0.1, 0.15) is 11.1 Å². The summed E-state index contributed by atoms with van der Waals surface area (Å²) in [5, 5.41) is 2.68. The van der Waals surface area contributed by atoms with Crippen LogP contribution in [0.3, 0.4) is 0 Å². The molecule has 2 aliphatic rings.